The Kier molecular flexibility index (Phi) is 4.82. The SMILES string of the molecule is CNC(c1ccc(I)cc1)c1cc(C)ccc1OC. The van der Waals surface area contributed by atoms with Crippen LogP contribution in [0.2, 0.25) is 0 Å². The van der Waals surface area contributed by atoms with E-state index in [2.05, 4.69) is 71.2 Å². The minimum Gasteiger partial charge on any atom is -0.496 e. The number of halogens is 1. The van der Waals surface area contributed by atoms with E-state index in [1.165, 1.54) is 20.3 Å². The molecule has 0 fully saturated rings. The Morgan fingerprint density at radius 1 is 1.11 bits per heavy atom. The summed E-state index contributed by atoms with van der Waals surface area (Å²) in [6.45, 7) is 2.10. The maximum atomic E-state index is 5.49. The van der Waals surface area contributed by atoms with Crippen molar-refractivity contribution in [1.82, 2.24) is 5.32 Å². The molecule has 0 aromatic heterocycles. The molecule has 0 radical (unpaired) electrons. The Hall–Kier alpha value is -1.07. The first-order valence-electron chi connectivity index (χ1n) is 6.23. The average Bonchev–Trinajstić information content (AvgIpc) is 2.42. The van der Waals surface area contributed by atoms with Crippen LogP contribution in [-0.4, -0.2) is 14.2 Å². The molecule has 2 aromatic carbocycles. The lowest BCUT2D eigenvalue weighted by atomic mass is 9.96. The van der Waals surface area contributed by atoms with E-state index in [0.29, 0.717) is 0 Å². The van der Waals surface area contributed by atoms with Crippen LogP contribution in [0, 0.1) is 10.5 Å². The Morgan fingerprint density at radius 3 is 2.37 bits per heavy atom. The lowest BCUT2D eigenvalue weighted by molar-refractivity contribution is 0.405. The summed E-state index contributed by atoms with van der Waals surface area (Å²) >= 11 is 2.32. The van der Waals surface area contributed by atoms with Crippen molar-refractivity contribution in [3.8, 4) is 5.75 Å². The van der Waals surface area contributed by atoms with Crippen LogP contribution < -0.4 is 10.1 Å². The van der Waals surface area contributed by atoms with Crippen molar-refractivity contribution >= 4 is 22.6 Å². The van der Waals surface area contributed by atoms with Gasteiger partial charge < -0.3 is 10.1 Å². The topological polar surface area (TPSA) is 21.3 Å². The van der Waals surface area contributed by atoms with Crippen LogP contribution in [0.15, 0.2) is 42.5 Å². The minimum atomic E-state index is 0.145. The number of benzene rings is 2. The monoisotopic (exact) mass is 367 g/mol. The van der Waals surface area contributed by atoms with E-state index in [4.69, 9.17) is 4.74 Å². The molecule has 0 bridgehead atoms. The molecule has 0 saturated heterocycles. The quantitative estimate of drug-likeness (QED) is 0.828. The molecular formula is C16H18INO. The summed E-state index contributed by atoms with van der Waals surface area (Å²) in [5, 5.41) is 3.37. The molecule has 1 atom stereocenters. The lowest BCUT2D eigenvalue weighted by Gasteiger charge is -2.20. The molecule has 100 valence electrons. The van der Waals surface area contributed by atoms with Crippen molar-refractivity contribution in [1.29, 1.82) is 0 Å². The first-order valence-corrected chi connectivity index (χ1v) is 7.31. The molecule has 19 heavy (non-hydrogen) atoms. The summed E-state index contributed by atoms with van der Waals surface area (Å²) in [5.74, 6) is 0.920. The van der Waals surface area contributed by atoms with Crippen molar-refractivity contribution in [2.45, 2.75) is 13.0 Å². The zero-order valence-corrected chi connectivity index (χ0v) is 13.6. The van der Waals surface area contributed by atoms with Gasteiger partial charge >= 0.3 is 0 Å². The molecule has 0 aliphatic rings. The van der Waals surface area contributed by atoms with E-state index in [0.717, 1.165) is 5.75 Å². The van der Waals surface area contributed by atoms with Crippen LogP contribution in [0.4, 0.5) is 0 Å². The zero-order valence-electron chi connectivity index (χ0n) is 11.4. The number of rotatable bonds is 4. The van der Waals surface area contributed by atoms with Gasteiger partial charge in [0.1, 0.15) is 5.75 Å². The maximum Gasteiger partial charge on any atom is 0.123 e. The molecule has 0 amide bonds. The Morgan fingerprint density at radius 2 is 1.79 bits per heavy atom. The maximum absolute atomic E-state index is 5.49. The van der Waals surface area contributed by atoms with Gasteiger partial charge in [-0.2, -0.15) is 0 Å². The molecular weight excluding hydrogens is 349 g/mol. The highest BCUT2D eigenvalue weighted by molar-refractivity contribution is 14.1. The highest BCUT2D eigenvalue weighted by Gasteiger charge is 2.16. The molecule has 2 nitrogen and oxygen atoms in total. The van der Waals surface area contributed by atoms with E-state index in [-0.39, 0.29) is 6.04 Å². The first-order chi connectivity index (χ1) is 9.15. The second-order valence-electron chi connectivity index (χ2n) is 4.52. The highest BCUT2D eigenvalue weighted by Crippen LogP contribution is 2.30. The van der Waals surface area contributed by atoms with E-state index >= 15 is 0 Å². The van der Waals surface area contributed by atoms with Crippen LogP contribution in [0.3, 0.4) is 0 Å². The fraction of sp³-hybridized carbons (Fsp3) is 0.250. The molecule has 1 unspecified atom stereocenters. The Bertz CT molecular complexity index is 551. The van der Waals surface area contributed by atoms with Crippen LogP contribution >= 0.6 is 22.6 Å². The minimum absolute atomic E-state index is 0.145. The molecule has 0 spiro atoms. The second kappa shape index (κ2) is 6.39. The molecule has 0 saturated carbocycles. The average molecular weight is 367 g/mol. The van der Waals surface area contributed by atoms with Gasteiger partial charge in [0.15, 0.2) is 0 Å². The number of ether oxygens (including phenoxy) is 1. The predicted molar refractivity (Wildman–Crippen MR) is 87.8 cm³/mol. The Balaban J connectivity index is 2.47. The summed E-state index contributed by atoms with van der Waals surface area (Å²) in [5.41, 5.74) is 3.65. The third-order valence-electron chi connectivity index (χ3n) is 3.19. The number of hydrogen-bond acceptors (Lipinski definition) is 2. The summed E-state index contributed by atoms with van der Waals surface area (Å²) < 4.78 is 6.73. The summed E-state index contributed by atoms with van der Waals surface area (Å²) in [6, 6.07) is 15.0. The number of methoxy groups -OCH3 is 1. The fourth-order valence-corrected chi connectivity index (χ4v) is 2.60. The zero-order chi connectivity index (χ0) is 13.8. The lowest BCUT2D eigenvalue weighted by Crippen LogP contribution is -2.18. The summed E-state index contributed by atoms with van der Waals surface area (Å²) in [7, 11) is 3.69. The smallest absolute Gasteiger partial charge is 0.123 e. The Labute approximate surface area is 128 Å². The molecule has 2 aromatic rings. The standard InChI is InChI=1S/C16H18INO/c1-11-4-9-15(19-3)14(10-11)16(18-2)12-5-7-13(17)8-6-12/h4-10,16,18H,1-3H3. The first kappa shape index (κ1) is 14.3. The van der Waals surface area contributed by atoms with Crippen molar-refractivity contribution < 1.29 is 4.74 Å². The van der Waals surface area contributed by atoms with Gasteiger partial charge in [-0.15, -0.1) is 0 Å². The second-order valence-corrected chi connectivity index (χ2v) is 5.76. The molecule has 1 N–H and O–H groups in total. The summed E-state index contributed by atoms with van der Waals surface area (Å²) in [4.78, 5) is 0. The van der Waals surface area contributed by atoms with Gasteiger partial charge in [0, 0.05) is 9.13 Å². The van der Waals surface area contributed by atoms with Crippen LogP contribution in [0.1, 0.15) is 22.7 Å². The van der Waals surface area contributed by atoms with Gasteiger partial charge in [-0.25, -0.2) is 0 Å². The van der Waals surface area contributed by atoms with Crippen molar-refractivity contribution in [3.63, 3.8) is 0 Å². The third-order valence-corrected chi connectivity index (χ3v) is 3.91. The van der Waals surface area contributed by atoms with Crippen LogP contribution in [-0.2, 0) is 0 Å². The predicted octanol–water partition coefficient (Wildman–Crippen LogP) is 3.92. The molecule has 0 heterocycles. The van der Waals surface area contributed by atoms with E-state index in [1.54, 1.807) is 7.11 Å². The van der Waals surface area contributed by atoms with Gasteiger partial charge in [0.2, 0.25) is 0 Å². The number of nitrogens with one attached hydrogen (secondary N) is 1. The van der Waals surface area contributed by atoms with Crippen molar-refractivity contribution in [2.75, 3.05) is 14.2 Å². The van der Waals surface area contributed by atoms with Gasteiger partial charge in [-0.3, -0.25) is 0 Å². The van der Waals surface area contributed by atoms with Gasteiger partial charge in [0.05, 0.1) is 13.2 Å². The molecule has 3 heteroatoms. The number of hydrogen-bond donors (Lipinski definition) is 1. The van der Waals surface area contributed by atoms with Crippen LogP contribution in [0.25, 0.3) is 0 Å². The van der Waals surface area contributed by atoms with Crippen molar-refractivity contribution in [2.24, 2.45) is 0 Å². The molecule has 0 aliphatic heterocycles. The van der Waals surface area contributed by atoms with E-state index in [1.807, 2.05) is 13.1 Å². The van der Waals surface area contributed by atoms with E-state index in [9.17, 15) is 0 Å². The third kappa shape index (κ3) is 3.28. The van der Waals surface area contributed by atoms with Crippen LogP contribution in [0.5, 0.6) is 5.75 Å². The highest BCUT2D eigenvalue weighted by atomic mass is 127. The van der Waals surface area contributed by atoms with E-state index < -0.39 is 0 Å². The van der Waals surface area contributed by atoms with Crippen molar-refractivity contribution in [3.05, 3.63) is 62.7 Å². The number of aryl methyl sites for hydroxylation is 1. The molecule has 0 aliphatic carbocycles. The van der Waals surface area contributed by atoms with Gasteiger partial charge in [-0.1, -0.05) is 29.8 Å². The molecule has 2 rings (SSSR count). The van der Waals surface area contributed by atoms with Gasteiger partial charge in [-0.05, 0) is 60.3 Å². The van der Waals surface area contributed by atoms with Gasteiger partial charge in [0.25, 0.3) is 0 Å². The fourth-order valence-electron chi connectivity index (χ4n) is 2.24. The summed E-state index contributed by atoms with van der Waals surface area (Å²) in [6.07, 6.45) is 0. The normalized spacial score (nSPS) is 12.2. The largest absolute Gasteiger partial charge is 0.496 e.